The van der Waals surface area contributed by atoms with Gasteiger partial charge in [-0.05, 0) is 49.4 Å². The molecule has 2 aliphatic carbocycles. The minimum absolute atomic E-state index is 0.0178. The summed E-state index contributed by atoms with van der Waals surface area (Å²) in [6, 6.07) is 6.74. The third-order valence-electron chi connectivity index (χ3n) is 5.15. The Labute approximate surface area is 140 Å². The number of nitrogens with zero attached hydrogens (tertiary/aromatic N) is 1. The quantitative estimate of drug-likeness (QED) is 0.800. The Morgan fingerprint density at radius 3 is 2.50 bits per heavy atom. The van der Waals surface area contributed by atoms with E-state index in [1.165, 1.54) is 12.1 Å². The van der Waals surface area contributed by atoms with E-state index < -0.39 is 5.97 Å². The highest BCUT2D eigenvalue weighted by Crippen LogP contribution is 2.47. The molecule has 1 aromatic carbocycles. The van der Waals surface area contributed by atoms with Crippen LogP contribution in [0.4, 0.5) is 4.39 Å². The van der Waals surface area contributed by atoms with Crippen LogP contribution in [-0.2, 0) is 9.59 Å². The Morgan fingerprint density at radius 2 is 1.92 bits per heavy atom. The topological polar surface area (TPSA) is 69.6 Å². The third kappa shape index (κ3) is 3.75. The van der Waals surface area contributed by atoms with Crippen LogP contribution >= 0.6 is 0 Å². The molecule has 0 saturated heterocycles. The van der Waals surface area contributed by atoms with Crippen LogP contribution < -0.4 is 5.32 Å². The van der Waals surface area contributed by atoms with Crippen LogP contribution in [0.1, 0.15) is 37.7 Å². The molecular weight excluding hydrogens is 311 g/mol. The number of carboxylic acids is 1. The number of rotatable bonds is 7. The molecule has 2 atom stereocenters. The highest BCUT2D eigenvalue weighted by atomic mass is 19.1. The Bertz CT molecular complexity index is 613. The minimum Gasteiger partial charge on any atom is -0.480 e. The highest BCUT2D eigenvalue weighted by molar-refractivity contribution is 5.83. The molecular formula is C18H23FN2O3. The van der Waals surface area contributed by atoms with Crippen molar-refractivity contribution in [3.8, 4) is 0 Å². The van der Waals surface area contributed by atoms with Crippen molar-refractivity contribution in [2.24, 2.45) is 5.92 Å². The number of likely N-dealkylation sites (N-methyl/N-ethyl adjacent to an activating group) is 1. The van der Waals surface area contributed by atoms with Crippen molar-refractivity contribution in [3.63, 3.8) is 0 Å². The number of carbonyl (C=O) groups is 2. The SMILES string of the molecule is CCN(CC(=O)O)C1CC(NC(=O)[C@H]2C[C@@H]2c2ccc(F)cc2)C1. The predicted octanol–water partition coefficient (Wildman–Crippen LogP) is 1.98. The lowest BCUT2D eigenvalue weighted by Gasteiger charge is -2.42. The molecule has 1 amide bonds. The zero-order valence-corrected chi connectivity index (χ0v) is 13.7. The van der Waals surface area contributed by atoms with Crippen LogP contribution in [0.3, 0.4) is 0 Å². The van der Waals surface area contributed by atoms with Crippen molar-refractivity contribution in [1.82, 2.24) is 10.2 Å². The van der Waals surface area contributed by atoms with E-state index in [0.717, 1.165) is 24.8 Å². The number of carboxylic acid groups (broad SMARTS) is 1. The lowest BCUT2D eigenvalue weighted by atomic mass is 9.85. The van der Waals surface area contributed by atoms with E-state index in [1.54, 1.807) is 12.1 Å². The molecule has 0 spiro atoms. The first kappa shape index (κ1) is 16.9. The van der Waals surface area contributed by atoms with E-state index in [4.69, 9.17) is 5.11 Å². The van der Waals surface area contributed by atoms with Gasteiger partial charge in [0.1, 0.15) is 5.82 Å². The van der Waals surface area contributed by atoms with E-state index in [-0.39, 0.29) is 42.2 Å². The van der Waals surface area contributed by atoms with Gasteiger partial charge < -0.3 is 10.4 Å². The number of carbonyl (C=O) groups excluding carboxylic acids is 1. The Balaban J connectivity index is 1.43. The van der Waals surface area contributed by atoms with Crippen LogP contribution in [0, 0.1) is 11.7 Å². The van der Waals surface area contributed by atoms with Crippen molar-refractivity contribution in [3.05, 3.63) is 35.6 Å². The van der Waals surface area contributed by atoms with Gasteiger partial charge in [0.05, 0.1) is 6.54 Å². The molecule has 2 aliphatic rings. The highest BCUT2D eigenvalue weighted by Gasteiger charge is 2.45. The van der Waals surface area contributed by atoms with Crippen molar-refractivity contribution in [1.29, 1.82) is 0 Å². The fraction of sp³-hybridized carbons (Fsp3) is 0.556. The summed E-state index contributed by atoms with van der Waals surface area (Å²) in [4.78, 5) is 25.1. The van der Waals surface area contributed by atoms with Gasteiger partial charge in [-0.25, -0.2) is 4.39 Å². The molecule has 0 aromatic heterocycles. The summed E-state index contributed by atoms with van der Waals surface area (Å²) >= 11 is 0. The second kappa shape index (κ2) is 6.89. The largest absolute Gasteiger partial charge is 0.480 e. The first-order valence-electron chi connectivity index (χ1n) is 8.49. The molecule has 6 heteroatoms. The van der Waals surface area contributed by atoms with Gasteiger partial charge in [-0.1, -0.05) is 19.1 Å². The standard InChI is InChI=1S/C18H23FN2O3/c1-2-21(10-17(22)23)14-7-13(8-14)20-18(24)16-9-15(16)11-3-5-12(19)6-4-11/h3-6,13-16H,2,7-10H2,1H3,(H,20,24)(H,22,23)/t13?,14?,15-,16+/m1/s1. The number of hydrogen-bond acceptors (Lipinski definition) is 3. The van der Waals surface area contributed by atoms with Gasteiger partial charge in [-0.15, -0.1) is 0 Å². The molecule has 5 nitrogen and oxygen atoms in total. The van der Waals surface area contributed by atoms with Crippen LogP contribution in [-0.4, -0.2) is 47.1 Å². The molecule has 2 fully saturated rings. The van der Waals surface area contributed by atoms with Crippen molar-refractivity contribution in [2.75, 3.05) is 13.1 Å². The zero-order chi connectivity index (χ0) is 17.3. The molecule has 0 unspecified atom stereocenters. The molecule has 3 rings (SSSR count). The fourth-order valence-corrected chi connectivity index (χ4v) is 3.55. The zero-order valence-electron chi connectivity index (χ0n) is 13.7. The summed E-state index contributed by atoms with van der Waals surface area (Å²) in [6.07, 6.45) is 2.43. The molecule has 1 aromatic rings. The molecule has 24 heavy (non-hydrogen) atoms. The normalized spacial score (nSPS) is 28.3. The molecule has 0 bridgehead atoms. The number of nitrogens with one attached hydrogen (secondary N) is 1. The molecule has 2 N–H and O–H groups in total. The summed E-state index contributed by atoms with van der Waals surface area (Å²) in [5.74, 6) is -0.835. The first-order chi connectivity index (χ1) is 11.5. The van der Waals surface area contributed by atoms with Crippen LogP contribution in [0.2, 0.25) is 0 Å². The van der Waals surface area contributed by atoms with Gasteiger partial charge in [-0.2, -0.15) is 0 Å². The van der Waals surface area contributed by atoms with Gasteiger partial charge in [0.2, 0.25) is 5.91 Å². The monoisotopic (exact) mass is 334 g/mol. The lowest BCUT2D eigenvalue weighted by molar-refractivity contribution is -0.139. The number of benzene rings is 1. The second-order valence-corrected chi connectivity index (χ2v) is 6.79. The van der Waals surface area contributed by atoms with Crippen LogP contribution in [0.25, 0.3) is 0 Å². The Hall–Kier alpha value is -1.95. The fourth-order valence-electron chi connectivity index (χ4n) is 3.55. The number of hydrogen-bond donors (Lipinski definition) is 2. The van der Waals surface area contributed by atoms with E-state index >= 15 is 0 Å². The summed E-state index contributed by atoms with van der Waals surface area (Å²) in [5, 5.41) is 12.0. The summed E-state index contributed by atoms with van der Waals surface area (Å²) < 4.78 is 12.9. The summed E-state index contributed by atoms with van der Waals surface area (Å²) in [6.45, 7) is 2.70. The molecule has 2 saturated carbocycles. The van der Waals surface area contributed by atoms with Crippen molar-refractivity contribution >= 4 is 11.9 Å². The molecule has 0 heterocycles. The van der Waals surface area contributed by atoms with E-state index in [2.05, 4.69) is 5.32 Å². The van der Waals surface area contributed by atoms with Crippen LogP contribution in [0.5, 0.6) is 0 Å². The number of amides is 1. The smallest absolute Gasteiger partial charge is 0.317 e. The molecule has 0 aliphatic heterocycles. The maximum Gasteiger partial charge on any atom is 0.317 e. The average molecular weight is 334 g/mol. The first-order valence-corrected chi connectivity index (χ1v) is 8.49. The van der Waals surface area contributed by atoms with E-state index in [1.807, 2.05) is 11.8 Å². The minimum atomic E-state index is -0.815. The Kier molecular flexibility index (Phi) is 4.85. The summed E-state index contributed by atoms with van der Waals surface area (Å²) in [5.41, 5.74) is 1.02. The van der Waals surface area contributed by atoms with Crippen LogP contribution in [0.15, 0.2) is 24.3 Å². The summed E-state index contributed by atoms with van der Waals surface area (Å²) in [7, 11) is 0. The van der Waals surface area contributed by atoms with Crippen molar-refractivity contribution in [2.45, 2.75) is 44.2 Å². The predicted molar refractivity (Wildman–Crippen MR) is 87.1 cm³/mol. The van der Waals surface area contributed by atoms with Gasteiger partial charge in [0.25, 0.3) is 0 Å². The second-order valence-electron chi connectivity index (χ2n) is 6.79. The van der Waals surface area contributed by atoms with Gasteiger partial charge in [0, 0.05) is 18.0 Å². The van der Waals surface area contributed by atoms with Crippen molar-refractivity contribution < 1.29 is 19.1 Å². The Morgan fingerprint density at radius 1 is 1.25 bits per heavy atom. The van der Waals surface area contributed by atoms with Gasteiger partial charge in [-0.3, -0.25) is 14.5 Å². The lowest BCUT2D eigenvalue weighted by Crippen LogP contribution is -2.55. The van der Waals surface area contributed by atoms with Gasteiger partial charge >= 0.3 is 5.97 Å². The number of aliphatic carboxylic acids is 1. The van der Waals surface area contributed by atoms with E-state index in [9.17, 15) is 14.0 Å². The molecule has 130 valence electrons. The number of halogens is 1. The van der Waals surface area contributed by atoms with Gasteiger partial charge in [0.15, 0.2) is 0 Å². The maximum atomic E-state index is 12.9. The van der Waals surface area contributed by atoms with E-state index in [0.29, 0.717) is 6.54 Å². The average Bonchev–Trinajstić information content (AvgIpc) is 3.29. The molecule has 0 radical (unpaired) electrons. The third-order valence-corrected chi connectivity index (χ3v) is 5.15. The maximum absolute atomic E-state index is 12.9.